The minimum Gasteiger partial charge on any atom is -0.489 e. The van der Waals surface area contributed by atoms with Gasteiger partial charge in [0.25, 0.3) is 5.56 Å². The highest BCUT2D eigenvalue weighted by atomic mass is 16.6. The summed E-state index contributed by atoms with van der Waals surface area (Å²) in [5.74, 6) is 0.133. The van der Waals surface area contributed by atoms with Crippen LogP contribution < -0.4 is 15.3 Å². The van der Waals surface area contributed by atoms with Gasteiger partial charge in [-0.1, -0.05) is 49.7 Å². The molecule has 1 aromatic heterocycles. The molecular weight excluding hydrogens is 498 g/mol. The summed E-state index contributed by atoms with van der Waals surface area (Å²) in [6.07, 6.45) is 1.62. The third-order valence-electron chi connectivity index (χ3n) is 6.16. The van der Waals surface area contributed by atoms with Gasteiger partial charge in [-0.2, -0.15) is 4.68 Å². The molecule has 1 amide bonds. The van der Waals surface area contributed by atoms with Crippen LogP contribution in [0.1, 0.15) is 54.0 Å². The van der Waals surface area contributed by atoms with Crippen LogP contribution in [-0.4, -0.2) is 33.4 Å². The molecule has 1 heterocycles. The van der Waals surface area contributed by atoms with E-state index in [1.54, 1.807) is 49.4 Å². The van der Waals surface area contributed by atoms with Crippen molar-refractivity contribution in [2.24, 2.45) is 0 Å². The van der Waals surface area contributed by atoms with Gasteiger partial charge in [-0.05, 0) is 60.9 Å². The van der Waals surface area contributed by atoms with Crippen molar-refractivity contribution in [3.63, 3.8) is 0 Å². The standard InChI is InChI=1S/C30H31N3O6/c1-3-5-10-27-31-26-9-7-6-8-25(26)28(34)33(27)32(30(37)38-4-2)19-21-13-17-24(18-14-21)39-20-22-11-15-23(16-12-22)29(35)36/h6-9,11-18H,3-5,10,19-20H2,1-2H3,(H,35,36). The van der Waals surface area contributed by atoms with Crippen molar-refractivity contribution >= 4 is 23.0 Å². The second-order valence-corrected chi connectivity index (χ2v) is 8.96. The van der Waals surface area contributed by atoms with Crippen LogP contribution in [-0.2, 0) is 24.3 Å². The molecule has 0 bridgehead atoms. The van der Waals surface area contributed by atoms with E-state index in [1.165, 1.54) is 21.8 Å². The van der Waals surface area contributed by atoms with Crippen molar-refractivity contribution in [3.8, 4) is 5.75 Å². The number of carbonyl (C=O) groups excluding carboxylic acids is 1. The van der Waals surface area contributed by atoms with E-state index < -0.39 is 12.1 Å². The number of carbonyl (C=O) groups is 2. The maximum atomic E-state index is 13.6. The Bertz CT molecular complexity index is 1500. The molecule has 0 saturated carbocycles. The number of aromatic carboxylic acids is 1. The summed E-state index contributed by atoms with van der Waals surface area (Å²) in [5.41, 5.74) is 2.08. The summed E-state index contributed by atoms with van der Waals surface area (Å²) in [4.78, 5) is 42.5. The molecule has 0 atom stereocenters. The highest BCUT2D eigenvalue weighted by molar-refractivity contribution is 5.87. The molecule has 3 aromatic carbocycles. The number of hydrogen-bond donors (Lipinski definition) is 1. The zero-order valence-electron chi connectivity index (χ0n) is 22.0. The SMILES string of the molecule is CCCCc1nc2ccccc2c(=O)n1N(Cc1ccc(OCc2ccc(C(=O)O)cc2)cc1)C(=O)OCC. The molecule has 0 aliphatic heterocycles. The maximum Gasteiger partial charge on any atom is 0.429 e. The van der Waals surface area contributed by atoms with Crippen LogP contribution in [0.2, 0.25) is 0 Å². The number of hydrogen-bond acceptors (Lipinski definition) is 6. The molecular formula is C30H31N3O6. The van der Waals surface area contributed by atoms with Crippen LogP contribution in [0.3, 0.4) is 0 Å². The number of benzene rings is 3. The van der Waals surface area contributed by atoms with Crippen molar-refractivity contribution in [3.05, 3.63) is 106 Å². The van der Waals surface area contributed by atoms with Crippen molar-refractivity contribution in [2.45, 2.75) is 46.3 Å². The third kappa shape index (κ3) is 6.62. The van der Waals surface area contributed by atoms with Crippen LogP contribution in [0.25, 0.3) is 10.9 Å². The van der Waals surface area contributed by atoms with Gasteiger partial charge in [0, 0.05) is 6.42 Å². The van der Waals surface area contributed by atoms with Crippen molar-refractivity contribution in [2.75, 3.05) is 11.6 Å². The lowest BCUT2D eigenvalue weighted by atomic mass is 10.1. The van der Waals surface area contributed by atoms with E-state index in [-0.39, 0.29) is 30.9 Å². The van der Waals surface area contributed by atoms with E-state index in [1.807, 2.05) is 18.2 Å². The summed E-state index contributed by atoms with van der Waals surface area (Å²) < 4.78 is 12.5. The highest BCUT2D eigenvalue weighted by Gasteiger charge is 2.23. The van der Waals surface area contributed by atoms with E-state index in [4.69, 9.17) is 19.6 Å². The Kier molecular flexibility index (Phi) is 8.94. The van der Waals surface area contributed by atoms with Gasteiger partial charge in [0.05, 0.1) is 29.6 Å². The van der Waals surface area contributed by atoms with Gasteiger partial charge in [-0.15, -0.1) is 0 Å². The first-order valence-corrected chi connectivity index (χ1v) is 12.9. The molecule has 1 N–H and O–H groups in total. The van der Waals surface area contributed by atoms with E-state index in [0.717, 1.165) is 24.0 Å². The fourth-order valence-corrected chi connectivity index (χ4v) is 4.10. The first-order valence-electron chi connectivity index (χ1n) is 12.9. The first-order chi connectivity index (χ1) is 18.9. The normalized spacial score (nSPS) is 10.8. The van der Waals surface area contributed by atoms with Gasteiger partial charge in [0.2, 0.25) is 0 Å². The highest BCUT2D eigenvalue weighted by Crippen LogP contribution is 2.18. The Morgan fingerprint density at radius 3 is 2.31 bits per heavy atom. The number of amides is 1. The minimum atomic E-state index is -0.978. The second-order valence-electron chi connectivity index (χ2n) is 8.96. The van der Waals surface area contributed by atoms with Crippen LogP contribution >= 0.6 is 0 Å². The number of ether oxygens (including phenoxy) is 2. The number of carboxylic acids is 1. The molecule has 202 valence electrons. The first kappa shape index (κ1) is 27.4. The molecule has 4 rings (SSSR count). The van der Waals surface area contributed by atoms with Gasteiger partial charge < -0.3 is 14.6 Å². The summed E-state index contributed by atoms with van der Waals surface area (Å²) in [5, 5.41) is 10.8. The fourth-order valence-electron chi connectivity index (χ4n) is 4.10. The fraction of sp³-hybridized carbons (Fsp3) is 0.267. The number of nitrogens with zero attached hydrogens (tertiary/aromatic N) is 3. The molecule has 9 nitrogen and oxygen atoms in total. The largest absolute Gasteiger partial charge is 0.489 e. The molecule has 0 saturated heterocycles. The molecule has 9 heteroatoms. The number of rotatable bonds is 11. The molecule has 4 aromatic rings. The molecule has 0 radical (unpaired) electrons. The average molecular weight is 530 g/mol. The maximum absolute atomic E-state index is 13.6. The van der Waals surface area contributed by atoms with E-state index in [0.29, 0.717) is 28.9 Å². The van der Waals surface area contributed by atoms with Gasteiger partial charge in [0.15, 0.2) is 0 Å². The number of unbranched alkanes of at least 4 members (excludes halogenated alkanes) is 1. The summed E-state index contributed by atoms with van der Waals surface area (Å²) >= 11 is 0. The molecule has 0 spiro atoms. The average Bonchev–Trinajstić information content (AvgIpc) is 2.95. The van der Waals surface area contributed by atoms with Gasteiger partial charge in [0.1, 0.15) is 18.2 Å². The topological polar surface area (TPSA) is 111 Å². The monoisotopic (exact) mass is 529 g/mol. The molecule has 0 fully saturated rings. The lowest BCUT2D eigenvalue weighted by Crippen LogP contribution is -2.48. The zero-order chi connectivity index (χ0) is 27.8. The smallest absolute Gasteiger partial charge is 0.429 e. The lowest BCUT2D eigenvalue weighted by molar-refractivity contribution is 0.0696. The molecule has 39 heavy (non-hydrogen) atoms. The number of aryl methyl sites for hydroxylation is 1. The van der Waals surface area contributed by atoms with Crippen molar-refractivity contribution < 1.29 is 24.2 Å². The Morgan fingerprint density at radius 2 is 1.64 bits per heavy atom. The van der Waals surface area contributed by atoms with Crippen molar-refractivity contribution in [1.29, 1.82) is 0 Å². The predicted octanol–water partition coefficient (Wildman–Crippen LogP) is 5.31. The molecule has 0 unspecified atom stereocenters. The van der Waals surface area contributed by atoms with Crippen molar-refractivity contribution in [1.82, 2.24) is 9.66 Å². The van der Waals surface area contributed by atoms with Gasteiger partial charge >= 0.3 is 12.1 Å². The zero-order valence-corrected chi connectivity index (χ0v) is 22.0. The van der Waals surface area contributed by atoms with E-state index in [2.05, 4.69) is 6.92 Å². The Labute approximate surface area is 226 Å². The number of aromatic nitrogens is 2. The van der Waals surface area contributed by atoms with Gasteiger partial charge in [-0.3, -0.25) is 4.79 Å². The second kappa shape index (κ2) is 12.7. The van der Waals surface area contributed by atoms with Gasteiger partial charge in [-0.25, -0.2) is 19.6 Å². The third-order valence-corrected chi connectivity index (χ3v) is 6.16. The minimum absolute atomic E-state index is 0.0921. The molecule has 0 aliphatic carbocycles. The summed E-state index contributed by atoms with van der Waals surface area (Å²) in [6, 6.07) is 20.8. The van der Waals surface area contributed by atoms with E-state index in [9.17, 15) is 14.4 Å². The van der Waals surface area contributed by atoms with Crippen LogP contribution in [0.15, 0.2) is 77.6 Å². The molecule has 0 aliphatic rings. The van der Waals surface area contributed by atoms with Crippen LogP contribution in [0, 0.1) is 0 Å². The Balaban J connectivity index is 1.59. The quantitative estimate of drug-likeness (QED) is 0.280. The summed E-state index contributed by atoms with van der Waals surface area (Å²) in [6.45, 7) is 4.30. The Hall–Kier alpha value is -4.66. The van der Waals surface area contributed by atoms with Crippen LogP contribution in [0.4, 0.5) is 4.79 Å². The number of para-hydroxylation sites is 1. The van der Waals surface area contributed by atoms with Crippen LogP contribution in [0.5, 0.6) is 5.75 Å². The van der Waals surface area contributed by atoms with E-state index >= 15 is 0 Å². The predicted molar refractivity (Wildman–Crippen MR) is 148 cm³/mol. The number of fused-ring (bicyclic) bond motifs is 1. The Morgan fingerprint density at radius 1 is 0.949 bits per heavy atom. The summed E-state index contributed by atoms with van der Waals surface area (Å²) in [7, 11) is 0. The number of carboxylic acid groups (broad SMARTS) is 1. The lowest BCUT2D eigenvalue weighted by Gasteiger charge is -2.26.